The molecule has 0 saturated heterocycles. The van der Waals surface area contributed by atoms with Crippen LogP contribution in [0.2, 0.25) is 0 Å². The Morgan fingerprint density at radius 3 is 1.09 bits per heavy atom. The quantitative estimate of drug-likeness (QED) is 0.201. The summed E-state index contributed by atoms with van der Waals surface area (Å²) in [5, 5.41) is 0. The lowest BCUT2D eigenvalue weighted by Gasteiger charge is -2.29. The molecular weight excluding hydrogens is 488 g/mol. The van der Waals surface area contributed by atoms with Gasteiger partial charge in [0.25, 0.3) is 0 Å². The molecule has 0 aliphatic rings. The Morgan fingerprint density at radius 2 is 0.818 bits per heavy atom. The second-order valence-electron chi connectivity index (χ2n) is 10.6. The van der Waals surface area contributed by atoms with Crippen molar-refractivity contribution in [2.24, 2.45) is 0 Å². The van der Waals surface area contributed by atoms with Crippen molar-refractivity contribution < 1.29 is 45.0 Å². The fraction of sp³-hybridized carbons (Fsp3) is 0.917. The van der Waals surface area contributed by atoms with Gasteiger partial charge < -0.3 is 45.2 Å². The first kappa shape index (κ1) is 34.1. The summed E-state index contributed by atoms with van der Waals surface area (Å²) in [5.41, 5.74) is 0. The van der Waals surface area contributed by atoms with Crippen LogP contribution < -0.4 is 17.0 Å². The monoisotopic (exact) mass is 539 g/mol. The molecule has 0 saturated carbocycles. The predicted octanol–water partition coefficient (Wildman–Crippen LogP) is 0.660. The molecule has 0 unspecified atom stereocenters. The lowest BCUT2D eigenvalue weighted by Crippen LogP contribution is -3.00. The van der Waals surface area contributed by atoms with E-state index in [4.69, 9.17) is 9.47 Å². The molecule has 0 heterocycles. The van der Waals surface area contributed by atoms with Crippen molar-refractivity contribution in [1.29, 1.82) is 0 Å². The highest BCUT2D eigenvalue weighted by Crippen LogP contribution is 2.12. The Labute approximate surface area is 214 Å². The SMILES string of the molecule is CN(C)C(=O)OCC[N+](C)(C)CCCCCCCCCC[N+](C)(C)CCOC(=O)N(C)C.[Br-]. The van der Waals surface area contributed by atoms with E-state index in [9.17, 15) is 9.59 Å². The molecule has 0 aromatic rings. The van der Waals surface area contributed by atoms with Gasteiger partial charge in [-0.25, -0.2) is 9.59 Å². The number of rotatable bonds is 17. The van der Waals surface area contributed by atoms with Gasteiger partial charge in [0, 0.05) is 28.2 Å². The molecule has 9 heteroatoms. The minimum atomic E-state index is -0.266. The van der Waals surface area contributed by atoms with Crippen molar-refractivity contribution in [3.63, 3.8) is 0 Å². The molecule has 0 bridgehead atoms. The maximum atomic E-state index is 11.5. The molecule has 198 valence electrons. The maximum absolute atomic E-state index is 11.5. The summed E-state index contributed by atoms with van der Waals surface area (Å²) in [4.78, 5) is 25.9. The second-order valence-corrected chi connectivity index (χ2v) is 10.6. The predicted molar refractivity (Wildman–Crippen MR) is 131 cm³/mol. The molecule has 0 atom stereocenters. The molecule has 0 radical (unpaired) electrons. The Bertz CT molecular complexity index is 483. The Hall–Kier alpha value is -1.06. The van der Waals surface area contributed by atoms with Gasteiger partial charge in [0.1, 0.15) is 26.3 Å². The number of carbonyl (C=O) groups is 2. The molecule has 2 amide bonds. The fourth-order valence-corrected chi connectivity index (χ4v) is 3.38. The number of unbranched alkanes of at least 4 members (excludes halogenated alkanes) is 7. The number of hydrogen-bond acceptors (Lipinski definition) is 4. The smallest absolute Gasteiger partial charge is 0.409 e. The van der Waals surface area contributed by atoms with E-state index in [0.717, 1.165) is 35.1 Å². The summed E-state index contributed by atoms with van der Waals surface area (Å²) in [7, 11) is 15.6. The van der Waals surface area contributed by atoms with Crippen LogP contribution in [0.1, 0.15) is 51.4 Å². The Morgan fingerprint density at radius 1 is 0.545 bits per heavy atom. The molecule has 0 spiro atoms. The van der Waals surface area contributed by atoms with Crippen molar-refractivity contribution >= 4 is 12.2 Å². The number of likely N-dealkylation sites (N-methyl/N-ethyl adjacent to an activating group) is 2. The van der Waals surface area contributed by atoms with E-state index in [1.54, 1.807) is 28.2 Å². The third kappa shape index (κ3) is 20.1. The summed E-state index contributed by atoms with van der Waals surface area (Å²) < 4.78 is 12.3. The summed E-state index contributed by atoms with van der Waals surface area (Å²) in [6, 6.07) is 0. The van der Waals surface area contributed by atoms with Crippen LogP contribution in [0.5, 0.6) is 0 Å². The van der Waals surface area contributed by atoms with Gasteiger partial charge in [0.05, 0.1) is 41.3 Å². The van der Waals surface area contributed by atoms with Gasteiger partial charge >= 0.3 is 12.2 Å². The van der Waals surface area contributed by atoms with E-state index >= 15 is 0 Å². The van der Waals surface area contributed by atoms with E-state index in [1.165, 1.54) is 61.2 Å². The summed E-state index contributed by atoms with van der Waals surface area (Å²) in [5.74, 6) is 0. The van der Waals surface area contributed by atoms with Gasteiger partial charge in [-0.05, 0) is 25.7 Å². The van der Waals surface area contributed by atoms with Crippen molar-refractivity contribution in [1.82, 2.24) is 9.80 Å². The number of ether oxygens (including phenoxy) is 2. The highest BCUT2D eigenvalue weighted by molar-refractivity contribution is 5.67. The van der Waals surface area contributed by atoms with Crippen LogP contribution in [0.15, 0.2) is 0 Å². The van der Waals surface area contributed by atoms with Crippen LogP contribution >= 0.6 is 0 Å². The van der Waals surface area contributed by atoms with Crippen molar-refractivity contribution in [3.05, 3.63) is 0 Å². The van der Waals surface area contributed by atoms with E-state index in [2.05, 4.69) is 28.2 Å². The highest BCUT2D eigenvalue weighted by atomic mass is 79.9. The van der Waals surface area contributed by atoms with Crippen LogP contribution in [0, 0.1) is 0 Å². The summed E-state index contributed by atoms with van der Waals surface area (Å²) in [6.45, 7) is 4.90. The number of amides is 2. The van der Waals surface area contributed by atoms with Gasteiger partial charge in [-0.1, -0.05) is 25.7 Å². The first-order chi connectivity index (χ1) is 14.9. The van der Waals surface area contributed by atoms with Crippen molar-refractivity contribution in [2.45, 2.75) is 51.4 Å². The third-order valence-electron chi connectivity index (χ3n) is 5.85. The minimum Gasteiger partial charge on any atom is -1.00 e. The topological polar surface area (TPSA) is 59.1 Å². The molecule has 0 aromatic heterocycles. The number of quaternary nitrogens is 2. The molecule has 0 rings (SSSR count). The fourth-order valence-electron chi connectivity index (χ4n) is 3.38. The van der Waals surface area contributed by atoms with Crippen LogP contribution in [0.3, 0.4) is 0 Å². The number of hydrogen-bond donors (Lipinski definition) is 0. The highest BCUT2D eigenvalue weighted by Gasteiger charge is 2.17. The maximum Gasteiger partial charge on any atom is 0.409 e. The molecule has 0 aromatic carbocycles. The molecule has 0 N–H and O–H groups in total. The lowest BCUT2D eigenvalue weighted by atomic mass is 10.1. The van der Waals surface area contributed by atoms with Crippen molar-refractivity contribution in [3.8, 4) is 0 Å². The van der Waals surface area contributed by atoms with E-state index in [1.807, 2.05) is 0 Å². The van der Waals surface area contributed by atoms with Crippen LogP contribution in [0.25, 0.3) is 0 Å². The average Bonchev–Trinajstić information content (AvgIpc) is 2.68. The van der Waals surface area contributed by atoms with Gasteiger partial charge in [0.15, 0.2) is 0 Å². The van der Waals surface area contributed by atoms with Crippen LogP contribution in [0.4, 0.5) is 9.59 Å². The molecular formula is C24H52BrN4O4+. The third-order valence-corrected chi connectivity index (χ3v) is 5.85. The van der Waals surface area contributed by atoms with Gasteiger partial charge in [-0.15, -0.1) is 0 Å². The van der Waals surface area contributed by atoms with Gasteiger partial charge in [-0.2, -0.15) is 0 Å². The molecule has 0 aliphatic heterocycles. The molecule has 8 nitrogen and oxygen atoms in total. The zero-order valence-electron chi connectivity index (χ0n) is 22.7. The van der Waals surface area contributed by atoms with E-state index < -0.39 is 0 Å². The van der Waals surface area contributed by atoms with E-state index in [-0.39, 0.29) is 29.2 Å². The zero-order valence-corrected chi connectivity index (χ0v) is 24.3. The molecule has 0 fully saturated rings. The second kappa shape index (κ2) is 18.3. The first-order valence-electron chi connectivity index (χ1n) is 12.2. The average molecular weight is 541 g/mol. The van der Waals surface area contributed by atoms with Crippen LogP contribution in [-0.2, 0) is 9.47 Å². The van der Waals surface area contributed by atoms with Crippen molar-refractivity contribution in [2.75, 3.05) is 95.8 Å². The van der Waals surface area contributed by atoms with Crippen LogP contribution in [-0.4, -0.2) is 127 Å². The summed E-state index contributed by atoms with van der Waals surface area (Å²) >= 11 is 0. The number of nitrogens with zero attached hydrogens (tertiary/aromatic N) is 4. The van der Waals surface area contributed by atoms with Gasteiger partial charge in [0.2, 0.25) is 0 Å². The standard InChI is InChI=1S/C24H52N4O4.BrH/c1-25(2)23(29)31-21-19-27(5,6)17-15-13-11-9-10-12-14-16-18-28(7,8)20-22-32-24(30)26(3)4;/h9-22H2,1-8H3;1H/q+2;/p-1. The Balaban J connectivity index is 0. The number of carbonyl (C=O) groups excluding carboxylic acids is 2. The van der Waals surface area contributed by atoms with Gasteiger partial charge in [-0.3, -0.25) is 0 Å². The largest absolute Gasteiger partial charge is 1.00 e. The molecule has 0 aliphatic carbocycles. The zero-order chi connectivity index (χ0) is 24.6. The first-order valence-corrected chi connectivity index (χ1v) is 12.2. The number of halogens is 1. The summed E-state index contributed by atoms with van der Waals surface area (Å²) in [6.07, 6.45) is 9.68. The minimum absolute atomic E-state index is 0. The normalized spacial score (nSPS) is 11.5. The lowest BCUT2D eigenvalue weighted by molar-refractivity contribution is -0.890. The Kier molecular flexibility index (Phi) is 18.9. The molecule has 33 heavy (non-hydrogen) atoms. The van der Waals surface area contributed by atoms with E-state index in [0.29, 0.717) is 13.2 Å².